The van der Waals surface area contributed by atoms with Gasteiger partial charge in [-0.25, -0.2) is 4.79 Å². The maximum absolute atomic E-state index is 13.0. The number of urea groups is 1. The number of piperazine rings is 1. The van der Waals surface area contributed by atoms with Gasteiger partial charge in [-0.2, -0.15) is 5.01 Å². The van der Waals surface area contributed by atoms with Gasteiger partial charge in [0.2, 0.25) is 0 Å². The van der Waals surface area contributed by atoms with Crippen LogP contribution in [-0.2, 0) is 15.1 Å². The number of nitrogens with zero attached hydrogens (tertiary/aromatic N) is 3. The van der Waals surface area contributed by atoms with Crippen molar-refractivity contribution >= 4 is 23.9 Å². The third-order valence-electron chi connectivity index (χ3n) is 6.40. The van der Waals surface area contributed by atoms with E-state index >= 15 is 0 Å². The predicted molar refractivity (Wildman–Crippen MR) is 132 cm³/mol. The summed E-state index contributed by atoms with van der Waals surface area (Å²) in [5, 5.41) is 3.46. The summed E-state index contributed by atoms with van der Waals surface area (Å²) < 4.78 is 5.15. The van der Waals surface area contributed by atoms with Crippen molar-refractivity contribution in [3.05, 3.63) is 71.8 Å². The topological polar surface area (TPSA) is 94.2 Å². The molecule has 0 bridgehead atoms. The lowest BCUT2D eigenvalue weighted by Crippen LogP contribution is -2.53. The molecule has 1 unspecified atom stereocenters. The summed E-state index contributed by atoms with van der Waals surface area (Å²) in [6.07, 6.45) is 4.26. The van der Waals surface area contributed by atoms with Gasteiger partial charge in [0.25, 0.3) is 11.8 Å². The van der Waals surface area contributed by atoms with Gasteiger partial charge in [-0.15, -0.1) is 0 Å². The third kappa shape index (κ3) is 5.70. The fourth-order valence-electron chi connectivity index (χ4n) is 4.26. The number of rotatable bonds is 8. The zero-order valence-corrected chi connectivity index (χ0v) is 20.1. The predicted octanol–water partition coefficient (Wildman–Crippen LogP) is 1.82. The van der Waals surface area contributed by atoms with Crippen molar-refractivity contribution in [3.63, 3.8) is 0 Å². The zero-order chi connectivity index (χ0) is 24.8. The molecule has 35 heavy (non-hydrogen) atoms. The normalized spacial score (nSPS) is 21.4. The van der Waals surface area contributed by atoms with Gasteiger partial charge in [0.1, 0.15) is 11.3 Å². The largest absolute Gasteiger partial charge is 0.497 e. The van der Waals surface area contributed by atoms with Crippen LogP contribution in [0.3, 0.4) is 0 Å². The number of carbonyl (C=O) groups excluding carboxylic acids is 3. The number of methoxy groups -OCH3 is 1. The average molecular weight is 478 g/mol. The van der Waals surface area contributed by atoms with Crippen molar-refractivity contribution in [1.29, 1.82) is 0 Å². The molecule has 9 heteroatoms. The van der Waals surface area contributed by atoms with E-state index in [1.54, 1.807) is 38.3 Å². The number of benzene rings is 2. The molecule has 0 saturated carbocycles. The van der Waals surface area contributed by atoms with Crippen LogP contribution in [0.4, 0.5) is 4.79 Å². The molecule has 2 heterocycles. The van der Waals surface area contributed by atoms with Crippen molar-refractivity contribution in [1.82, 2.24) is 25.6 Å². The maximum atomic E-state index is 13.0. The fraction of sp³-hybridized carbons (Fsp3) is 0.346. The molecule has 0 radical (unpaired) electrons. The lowest BCUT2D eigenvalue weighted by molar-refractivity contribution is -0.139. The zero-order valence-electron chi connectivity index (χ0n) is 20.1. The molecule has 2 saturated heterocycles. The van der Waals surface area contributed by atoms with Crippen molar-refractivity contribution < 1.29 is 19.1 Å². The maximum Gasteiger partial charge on any atom is 0.344 e. The van der Waals surface area contributed by atoms with Crippen LogP contribution in [0.1, 0.15) is 18.1 Å². The first-order valence-electron chi connectivity index (χ1n) is 11.7. The van der Waals surface area contributed by atoms with Crippen LogP contribution in [0.25, 0.3) is 6.08 Å². The molecule has 2 aromatic carbocycles. The highest BCUT2D eigenvalue weighted by Crippen LogP contribution is 2.29. The second-order valence-electron chi connectivity index (χ2n) is 8.85. The first-order chi connectivity index (χ1) is 16.9. The van der Waals surface area contributed by atoms with Crippen LogP contribution in [0.15, 0.2) is 60.7 Å². The van der Waals surface area contributed by atoms with Crippen LogP contribution in [0.2, 0.25) is 0 Å². The van der Waals surface area contributed by atoms with Gasteiger partial charge in [0, 0.05) is 32.7 Å². The summed E-state index contributed by atoms with van der Waals surface area (Å²) in [4.78, 5) is 42.5. The first-order valence-corrected chi connectivity index (χ1v) is 11.7. The molecule has 184 valence electrons. The summed E-state index contributed by atoms with van der Waals surface area (Å²) in [6.45, 7) is 5.72. The molecule has 2 aromatic rings. The van der Waals surface area contributed by atoms with Crippen LogP contribution < -0.4 is 15.5 Å². The molecule has 2 aliphatic heterocycles. The molecule has 4 rings (SSSR count). The number of carbonyl (C=O) groups is 3. The Bertz CT molecular complexity index is 1080. The van der Waals surface area contributed by atoms with Gasteiger partial charge in [0.05, 0.1) is 13.7 Å². The standard InChI is InChI=1S/C26H31N5O4/c1-26(21-10-12-22(35-2)13-11-21)24(33)31(25(34)27-26)28-23(32)19-30-17-15-29(16-18-30)14-6-9-20-7-4-3-5-8-20/h3-13H,14-19H2,1-2H3,(H,27,34)(H,28,32)/b9-6+. The number of amides is 4. The Hall–Kier alpha value is -3.69. The van der Waals surface area contributed by atoms with E-state index in [1.165, 1.54) is 5.56 Å². The van der Waals surface area contributed by atoms with Crippen molar-refractivity contribution in [2.24, 2.45) is 0 Å². The summed E-state index contributed by atoms with van der Waals surface area (Å²) in [5.74, 6) is -0.285. The van der Waals surface area contributed by atoms with Gasteiger partial charge < -0.3 is 10.1 Å². The Morgan fingerprint density at radius 3 is 2.34 bits per heavy atom. The minimum absolute atomic E-state index is 0.115. The fourth-order valence-corrected chi connectivity index (χ4v) is 4.26. The Kier molecular flexibility index (Phi) is 7.48. The number of hydrogen-bond acceptors (Lipinski definition) is 6. The molecule has 2 N–H and O–H groups in total. The number of hydrogen-bond donors (Lipinski definition) is 2. The second kappa shape index (κ2) is 10.7. The van der Waals surface area contributed by atoms with Gasteiger partial charge >= 0.3 is 6.03 Å². The first kappa shape index (κ1) is 24.4. The summed E-state index contributed by atoms with van der Waals surface area (Å²) in [6, 6.07) is 16.4. The second-order valence-corrected chi connectivity index (χ2v) is 8.85. The highest BCUT2D eigenvalue weighted by atomic mass is 16.5. The molecule has 0 aliphatic carbocycles. The SMILES string of the molecule is COc1ccc(C2(C)NC(=O)N(NC(=O)CN3CCN(C/C=C/c4ccccc4)CC3)C2=O)cc1. The summed E-state index contributed by atoms with van der Waals surface area (Å²) in [5.41, 5.74) is 2.99. The molecule has 9 nitrogen and oxygen atoms in total. The molecule has 0 spiro atoms. The van der Waals surface area contributed by atoms with E-state index in [9.17, 15) is 14.4 Å². The Morgan fingerprint density at radius 1 is 1.03 bits per heavy atom. The Balaban J connectivity index is 1.25. The van der Waals surface area contributed by atoms with E-state index in [1.807, 2.05) is 23.1 Å². The van der Waals surface area contributed by atoms with Crippen molar-refractivity contribution in [2.75, 3.05) is 46.4 Å². The minimum atomic E-state index is -1.27. The average Bonchev–Trinajstić information content (AvgIpc) is 3.09. The lowest BCUT2D eigenvalue weighted by Gasteiger charge is -2.33. The monoisotopic (exact) mass is 477 g/mol. The van der Waals surface area contributed by atoms with E-state index in [-0.39, 0.29) is 6.54 Å². The Labute approximate surface area is 205 Å². The summed E-state index contributed by atoms with van der Waals surface area (Å²) in [7, 11) is 1.55. The third-order valence-corrected chi connectivity index (χ3v) is 6.40. The van der Waals surface area contributed by atoms with Crippen molar-refractivity contribution in [3.8, 4) is 5.75 Å². The molecular weight excluding hydrogens is 446 g/mol. The van der Waals surface area contributed by atoms with E-state index in [2.05, 4.69) is 39.9 Å². The van der Waals surface area contributed by atoms with E-state index in [0.29, 0.717) is 11.3 Å². The van der Waals surface area contributed by atoms with E-state index < -0.39 is 23.4 Å². The van der Waals surface area contributed by atoms with Gasteiger partial charge in [-0.05, 0) is 30.2 Å². The van der Waals surface area contributed by atoms with Gasteiger partial charge in [-0.3, -0.25) is 24.8 Å². The number of ether oxygens (including phenoxy) is 1. The molecule has 2 aliphatic rings. The quantitative estimate of drug-likeness (QED) is 0.564. The smallest absolute Gasteiger partial charge is 0.344 e. The Morgan fingerprint density at radius 2 is 1.69 bits per heavy atom. The van der Waals surface area contributed by atoms with Crippen LogP contribution >= 0.6 is 0 Å². The minimum Gasteiger partial charge on any atom is -0.497 e. The number of nitrogens with one attached hydrogen (secondary N) is 2. The van der Waals surface area contributed by atoms with Crippen molar-refractivity contribution in [2.45, 2.75) is 12.5 Å². The number of imide groups is 1. The van der Waals surface area contributed by atoms with Gasteiger partial charge in [-0.1, -0.05) is 54.6 Å². The molecule has 4 amide bonds. The molecular formula is C26H31N5O4. The number of hydrazine groups is 1. The lowest BCUT2D eigenvalue weighted by atomic mass is 9.92. The van der Waals surface area contributed by atoms with Crippen LogP contribution in [-0.4, -0.2) is 79.0 Å². The molecule has 1 atom stereocenters. The van der Waals surface area contributed by atoms with Crippen LogP contribution in [0, 0.1) is 0 Å². The van der Waals surface area contributed by atoms with Gasteiger partial charge in [0.15, 0.2) is 0 Å². The summed E-state index contributed by atoms with van der Waals surface area (Å²) >= 11 is 0. The van der Waals surface area contributed by atoms with Crippen LogP contribution in [0.5, 0.6) is 5.75 Å². The van der Waals surface area contributed by atoms with E-state index in [0.717, 1.165) is 37.7 Å². The molecule has 2 fully saturated rings. The van der Waals surface area contributed by atoms with E-state index in [4.69, 9.17) is 4.74 Å². The highest BCUT2D eigenvalue weighted by molar-refractivity contribution is 6.08. The highest BCUT2D eigenvalue weighted by Gasteiger charge is 2.50. The molecule has 0 aromatic heterocycles.